The van der Waals surface area contributed by atoms with Gasteiger partial charge >= 0.3 is 0 Å². The zero-order valence-electron chi connectivity index (χ0n) is 19.2. The lowest BCUT2D eigenvalue weighted by molar-refractivity contribution is -0.132. The highest BCUT2D eigenvalue weighted by Gasteiger charge is 2.47. The third kappa shape index (κ3) is 4.54. The topological polar surface area (TPSA) is 79.7 Å². The third-order valence-electron chi connectivity index (χ3n) is 5.59. The van der Waals surface area contributed by atoms with Crippen LogP contribution in [-0.2, 0) is 9.59 Å². The molecule has 2 heterocycles. The summed E-state index contributed by atoms with van der Waals surface area (Å²) in [6, 6.07) is 14.6. The molecule has 1 amide bonds. The van der Waals surface area contributed by atoms with Crippen molar-refractivity contribution >= 4 is 34.7 Å². The number of benzene rings is 2. The number of aryl methyl sites for hydroxylation is 1. The maximum Gasteiger partial charge on any atom is 0.300 e. The fraction of sp³-hybridized carbons (Fsp3) is 0.222. The van der Waals surface area contributed by atoms with Crippen molar-refractivity contribution in [1.29, 1.82) is 0 Å². The van der Waals surface area contributed by atoms with Gasteiger partial charge in [-0.1, -0.05) is 43.6 Å². The second-order valence-electron chi connectivity index (χ2n) is 8.61. The summed E-state index contributed by atoms with van der Waals surface area (Å²) >= 11 is 6.23. The van der Waals surface area contributed by atoms with Crippen LogP contribution in [0.25, 0.3) is 5.76 Å². The summed E-state index contributed by atoms with van der Waals surface area (Å²) in [5.41, 5.74) is 2.30. The lowest BCUT2D eigenvalue weighted by Gasteiger charge is -2.27. The smallest absolute Gasteiger partial charge is 0.300 e. The molecule has 1 unspecified atom stereocenters. The minimum atomic E-state index is -0.847. The number of halogens is 1. The average Bonchev–Trinajstić information content (AvgIpc) is 3.10. The minimum absolute atomic E-state index is 0.00316. The fourth-order valence-corrected chi connectivity index (χ4v) is 4.10. The van der Waals surface area contributed by atoms with Gasteiger partial charge in [0, 0.05) is 28.7 Å². The Bertz CT molecular complexity index is 1270. The number of nitrogens with zero attached hydrogens (tertiary/aromatic N) is 2. The quantitative estimate of drug-likeness (QED) is 0.280. The summed E-state index contributed by atoms with van der Waals surface area (Å²) in [6.45, 7) is 6.43. The predicted molar refractivity (Wildman–Crippen MR) is 132 cm³/mol. The Hall–Kier alpha value is -3.64. The van der Waals surface area contributed by atoms with Gasteiger partial charge in [-0.15, -0.1) is 0 Å². The van der Waals surface area contributed by atoms with Crippen LogP contribution in [0.4, 0.5) is 5.69 Å². The van der Waals surface area contributed by atoms with Crippen LogP contribution in [0.15, 0.2) is 72.6 Å². The van der Waals surface area contributed by atoms with Gasteiger partial charge in [-0.25, -0.2) is 0 Å². The van der Waals surface area contributed by atoms with Crippen LogP contribution < -0.4 is 9.64 Å². The predicted octanol–water partition coefficient (Wildman–Crippen LogP) is 5.70. The van der Waals surface area contributed by atoms with Crippen LogP contribution in [0, 0.1) is 12.8 Å². The summed E-state index contributed by atoms with van der Waals surface area (Å²) in [4.78, 5) is 32.0. The number of aromatic nitrogens is 1. The molecule has 0 bridgehead atoms. The zero-order chi connectivity index (χ0) is 24.4. The first-order valence-corrected chi connectivity index (χ1v) is 11.4. The Labute approximate surface area is 203 Å². The van der Waals surface area contributed by atoms with Crippen molar-refractivity contribution in [1.82, 2.24) is 4.98 Å². The molecule has 7 heteroatoms. The number of aliphatic hydroxyl groups is 1. The number of Topliss-reactive ketones (excluding diaryl/α,β-unsaturated/α-hetero) is 1. The van der Waals surface area contributed by atoms with Crippen molar-refractivity contribution in [3.63, 3.8) is 0 Å². The minimum Gasteiger partial charge on any atom is -0.507 e. The van der Waals surface area contributed by atoms with Gasteiger partial charge in [0.15, 0.2) is 0 Å². The molecule has 1 fully saturated rings. The van der Waals surface area contributed by atoms with Crippen LogP contribution in [0.5, 0.6) is 5.75 Å². The van der Waals surface area contributed by atoms with Crippen LogP contribution in [0.3, 0.4) is 0 Å². The van der Waals surface area contributed by atoms with E-state index in [2.05, 4.69) is 4.98 Å². The largest absolute Gasteiger partial charge is 0.507 e. The number of pyridine rings is 1. The molecular formula is C27H25ClN2O4. The van der Waals surface area contributed by atoms with Crippen LogP contribution in [0.2, 0.25) is 5.02 Å². The number of hydrogen-bond acceptors (Lipinski definition) is 5. The van der Waals surface area contributed by atoms with Crippen LogP contribution >= 0.6 is 11.6 Å². The van der Waals surface area contributed by atoms with E-state index in [0.717, 1.165) is 5.56 Å². The highest BCUT2D eigenvalue weighted by Crippen LogP contribution is 2.43. The first-order chi connectivity index (χ1) is 16.3. The Balaban J connectivity index is 1.88. The number of hydrogen-bond donors (Lipinski definition) is 1. The number of ketones is 1. The molecule has 1 aliphatic heterocycles. The molecule has 1 atom stereocenters. The maximum atomic E-state index is 13.3. The molecule has 1 aliphatic rings. The highest BCUT2D eigenvalue weighted by molar-refractivity contribution is 6.52. The molecule has 1 N–H and O–H groups in total. The van der Waals surface area contributed by atoms with Gasteiger partial charge in [-0.05, 0) is 60.4 Å². The van der Waals surface area contributed by atoms with Crippen molar-refractivity contribution in [3.05, 3.63) is 94.3 Å². The van der Waals surface area contributed by atoms with E-state index in [0.29, 0.717) is 40.1 Å². The molecule has 2 aromatic carbocycles. The molecule has 3 aromatic rings. The Morgan fingerprint density at radius 2 is 1.85 bits per heavy atom. The number of anilines is 1. The number of amides is 1. The molecule has 0 spiro atoms. The van der Waals surface area contributed by atoms with Crippen LogP contribution in [0.1, 0.15) is 36.6 Å². The molecular weight excluding hydrogens is 452 g/mol. The molecule has 174 valence electrons. The first-order valence-electron chi connectivity index (χ1n) is 11.0. The molecule has 0 saturated carbocycles. The summed E-state index contributed by atoms with van der Waals surface area (Å²) in [6.07, 6.45) is 3.17. The van der Waals surface area contributed by atoms with Crippen molar-refractivity contribution in [2.24, 2.45) is 5.92 Å². The van der Waals surface area contributed by atoms with E-state index >= 15 is 0 Å². The third-order valence-corrected chi connectivity index (χ3v) is 5.82. The molecule has 34 heavy (non-hydrogen) atoms. The standard InChI is InChI=1S/C27H25ClN2O4/c1-16(2)15-34-21-6-4-5-19(13-21)25(31)23-24(18-9-11-29-12-10-18)30(27(33)26(23)32)22-14-20(28)8-7-17(22)3/h4-14,16,24,31H,15H2,1-3H3/b25-23+. The van der Waals surface area contributed by atoms with Crippen molar-refractivity contribution in [2.45, 2.75) is 26.8 Å². The summed E-state index contributed by atoms with van der Waals surface area (Å²) < 4.78 is 5.78. The zero-order valence-corrected chi connectivity index (χ0v) is 19.9. The van der Waals surface area contributed by atoms with Gasteiger partial charge in [0.05, 0.1) is 18.2 Å². The SMILES string of the molecule is Cc1ccc(Cl)cc1N1C(=O)C(=O)/C(=C(/O)c2cccc(OCC(C)C)c2)C1c1ccncc1. The van der Waals surface area contributed by atoms with E-state index in [1.807, 2.05) is 20.8 Å². The lowest BCUT2D eigenvalue weighted by atomic mass is 9.95. The van der Waals surface area contributed by atoms with E-state index in [9.17, 15) is 14.7 Å². The number of ether oxygens (including phenoxy) is 1. The van der Waals surface area contributed by atoms with Crippen molar-refractivity contribution in [2.75, 3.05) is 11.5 Å². The average molecular weight is 477 g/mol. The van der Waals surface area contributed by atoms with Gasteiger partial charge in [-0.3, -0.25) is 19.5 Å². The van der Waals surface area contributed by atoms with Gasteiger partial charge in [0.25, 0.3) is 11.7 Å². The van der Waals surface area contributed by atoms with Gasteiger partial charge in [-0.2, -0.15) is 0 Å². The number of carbonyl (C=O) groups excluding carboxylic acids is 2. The summed E-state index contributed by atoms with van der Waals surface area (Å²) in [7, 11) is 0. The Kier molecular flexibility index (Phi) is 6.70. The Morgan fingerprint density at radius 1 is 1.12 bits per heavy atom. The molecule has 6 nitrogen and oxygen atoms in total. The summed E-state index contributed by atoms with van der Waals surface area (Å²) in [5.74, 6) is -0.876. The van der Waals surface area contributed by atoms with E-state index < -0.39 is 17.7 Å². The van der Waals surface area contributed by atoms with Crippen molar-refractivity contribution < 1.29 is 19.4 Å². The lowest BCUT2D eigenvalue weighted by Crippen LogP contribution is -2.30. The molecule has 0 radical (unpaired) electrons. The maximum absolute atomic E-state index is 13.3. The van der Waals surface area contributed by atoms with Gasteiger partial charge in [0.1, 0.15) is 11.5 Å². The molecule has 0 aliphatic carbocycles. The normalized spacial score (nSPS) is 17.4. The van der Waals surface area contributed by atoms with Gasteiger partial charge in [0.2, 0.25) is 0 Å². The van der Waals surface area contributed by atoms with E-state index in [1.165, 1.54) is 4.90 Å². The first kappa shape index (κ1) is 23.5. The van der Waals surface area contributed by atoms with Crippen LogP contribution in [-0.4, -0.2) is 28.4 Å². The monoisotopic (exact) mass is 476 g/mol. The second-order valence-corrected chi connectivity index (χ2v) is 9.05. The Morgan fingerprint density at radius 3 is 2.56 bits per heavy atom. The molecule has 1 saturated heterocycles. The fourth-order valence-electron chi connectivity index (χ4n) is 3.94. The second kappa shape index (κ2) is 9.69. The number of rotatable bonds is 6. The highest BCUT2D eigenvalue weighted by atomic mass is 35.5. The molecule has 4 rings (SSSR count). The number of carbonyl (C=O) groups is 2. The van der Waals surface area contributed by atoms with E-state index in [1.54, 1.807) is 67.0 Å². The van der Waals surface area contributed by atoms with E-state index in [4.69, 9.17) is 16.3 Å². The number of aliphatic hydroxyl groups excluding tert-OH is 1. The van der Waals surface area contributed by atoms with Gasteiger partial charge < -0.3 is 9.84 Å². The summed E-state index contributed by atoms with van der Waals surface area (Å²) in [5, 5.41) is 11.7. The van der Waals surface area contributed by atoms with E-state index in [-0.39, 0.29) is 11.3 Å². The molecule has 1 aromatic heterocycles. The van der Waals surface area contributed by atoms with Crippen molar-refractivity contribution in [3.8, 4) is 5.75 Å².